The number of carbonyl (C=O) groups is 1. The third-order valence-electron chi connectivity index (χ3n) is 4.71. The van der Waals surface area contributed by atoms with Gasteiger partial charge in [0.2, 0.25) is 23.6 Å². The van der Waals surface area contributed by atoms with Gasteiger partial charge in [0, 0.05) is 12.8 Å². The Morgan fingerprint density at radius 1 is 1.33 bits per heavy atom. The molecule has 0 aliphatic heterocycles. The van der Waals surface area contributed by atoms with Crippen molar-refractivity contribution in [2.24, 2.45) is 0 Å². The molecule has 0 saturated heterocycles. The summed E-state index contributed by atoms with van der Waals surface area (Å²) in [5, 5.41) is 13.1. The Morgan fingerprint density at radius 3 is 3.04 bits per heavy atom. The molecular formula is C18H22N6O2S. The highest BCUT2D eigenvalue weighted by molar-refractivity contribution is 7.13. The lowest BCUT2D eigenvalue weighted by Crippen LogP contribution is -2.15. The summed E-state index contributed by atoms with van der Waals surface area (Å²) in [6, 6.07) is 4.31. The molecule has 0 radical (unpaired) electrons. The van der Waals surface area contributed by atoms with Crippen LogP contribution in [-0.4, -0.2) is 30.8 Å². The molecule has 0 bridgehead atoms. The van der Waals surface area contributed by atoms with Crippen LogP contribution in [-0.2, 0) is 11.2 Å². The van der Waals surface area contributed by atoms with Crippen LogP contribution in [0.1, 0.15) is 56.9 Å². The molecule has 0 atom stereocenters. The maximum atomic E-state index is 12.1. The van der Waals surface area contributed by atoms with Crippen LogP contribution in [0.15, 0.2) is 28.4 Å². The van der Waals surface area contributed by atoms with Gasteiger partial charge in [0.1, 0.15) is 6.33 Å². The molecule has 4 rings (SSSR count). The lowest BCUT2D eigenvalue weighted by Gasteiger charge is -2.21. The summed E-state index contributed by atoms with van der Waals surface area (Å²) in [6.07, 6.45) is 9.29. The van der Waals surface area contributed by atoms with Crippen molar-refractivity contribution >= 4 is 23.2 Å². The smallest absolute Gasteiger partial charge is 0.248 e. The number of amides is 1. The standard InChI is InChI=1S/C18H22N6O2S/c25-15(20-18-19-12-24(22-18)13-6-2-1-3-7-13)9-4-10-16-21-17(23-26-16)14-8-5-11-27-14/h5,8,11-13H,1-4,6-7,9-10H2,(H,20,22,25). The molecule has 0 aromatic carbocycles. The molecule has 1 aliphatic rings. The fourth-order valence-corrected chi connectivity index (χ4v) is 3.95. The van der Waals surface area contributed by atoms with Crippen molar-refractivity contribution in [3.63, 3.8) is 0 Å². The van der Waals surface area contributed by atoms with Crippen LogP contribution in [0.4, 0.5) is 5.95 Å². The number of aromatic nitrogens is 5. The normalized spacial score (nSPS) is 15.1. The van der Waals surface area contributed by atoms with Crippen LogP contribution in [0.3, 0.4) is 0 Å². The van der Waals surface area contributed by atoms with E-state index in [1.54, 1.807) is 17.7 Å². The molecule has 3 aromatic rings. The predicted molar refractivity (Wildman–Crippen MR) is 101 cm³/mol. The van der Waals surface area contributed by atoms with E-state index in [0.717, 1.165) is 17.7 Å². The predicted octanol–water partition coefficient (Wildman–Crippen LogP) is 3.86. The van der Waals surface area contributed by atoms with Crippen molar-refractivity contribution in [3.05, 3.63) is 29.7 Å². The SMILES string of the molecule is O=C(CCCc1nc(-c2cccs2)no1)Nc1ncn(C2CCCCC2)n1. The van der Waals surface area contributed by atoms with Crippen LogP contribution in [0.5, 0.6) is 0 Å². The summed E-state index contributed by atoms with van der Waals surface area (Å²) in [5.41, 5.74) is 0. The highest BCUT2D eigenvalue weighted by Crippen LogP contribution is 2.27. The van der Waals surface area contributed by atoms with Gasteiger partial charge in [0.15, 0.2) is 0 Å². The summed E-state index contributed by atoms with van der Waals surface area (Å²) in [5.74, 6) is 1.42. The van der Waals surface area contributed by atoms with Crippen molar-refractivity contribution in [2.45, 2.75) is 57.4 Å². The minimum atomic E-state index is -0.102. The second kappa shape index (κ2) is 8.43. The van der Waals surface area contributed by atoms with Gasteiger partial charge in [0.25, 0.3) is 0 Å². The van der Waals surface area contributed by atoms with E-state index in [0.29, 0.717) is 43.0 Å². The number of nitrogens with one attached hydrogen (secondary N) is 1. The van der Waals surface area contributed by atoms with Crippen molar-refractivity contribution in [2.75, 3.05) is 5.32 Å². The van der Waals surface area contributed by atoms with Gasteiger partial charge >= 0.3 is 0 Å². The molecular weight excluding hydrogens is 364 g/mol. The second-order valence-corrected chi connectivity index (χ2v) is 7.68. The molecule has 3 aromatic heterocycles. The van der Waals surface area contributed by atoms with E-state index in [9.17, 15) is 4.79 Å². The Morgan fingerprint density at radius 2 is 2.22 bits per heavy atom. The van der Waals surface area contributed by atoms with E-state index < -0.39 is 0 Å². The zero-order chi connectivity index (χ0) is 18.5. The number of thiophene rings is 1. The third kappa shape index (κ3) is 4.60. The molecule has 0 unspecified atom stereocenters. The first-order valence-corrected chi connectivity index (χ1v) is 10.2. The van der Waals surface area contributed by atoms with Gasteiger partial charge in [-0.1, -0.05) is 30.5 Å². The van der Waals surface area contributed by atoms with Gasteiger partial charge in [-0.05, 0) is 30.7 Å². The number of rotatable bonds is 7. The Balaban J connectivity index is 1.22. The number of carbonyl (C=O) groups excluding carboxylic acids is 1. The Bertz CT molecular complexity index is 866. The molecule has 3 heterocycles. The summed E-state index contributed by atoms with van der Waals surface area (Å²) in [7, 11) is 0. The fraction of sp³-hybridized carbons (Fsp3) is 0.500. The minimum Gasteiger partial charge on any atom is -0.339 e. The van der Waals surface area contributed by atoms with Crippen molar-refractivity contribution < 1.29 is 9.32 Å². The van der Waals surface area contributed by atoms with Crippen molar-refractivity contribution in [1.82, 2.24) is 24.9 Å². The molecule has 142 valence electrons. The number of aryl methyl sites for hydroxylation is 1. The van der Waals surface area contributed by atoms with Crippen molar-refractivity contribution in [3.8, 4) is 10.7 Å². The van der Waals surface area contributed by atoms with E-state index in [1.165, 1.54) is 19.3 Å². The van der Waals surface area contributed by atoms with Crippen LogP contribution < -0.4 is 5.32 Å². The van der Waals surface area contributed by atoms with Gasteiger partial charge in [-0.15, -0.1) is 16.4 Å². The maximum Gasteiger partial charge on any atom is 0.248 e. The number of hydrogen-bond acceptors (Lipinski definition) is 7. The molecule has 1 fully saturated rings. The van der Waals surface area contributed by atoms with Gasteiger partial charge < -0.3 is 4.52 Å². The van der Waals surface area contributed by atoms with Crippen molar-refractivity contribution in [1.29, 1.82) is 0 Å². The first-order valence-electron chi connectivity index (χ1n) is 9.35. The molecule has 0 spiro atoms. The monoisotopic (exact) mass is 386 g/mol. The highest BCUT2D eigenvalue weighted by atomic mass is 32.1. The first kappa shape index (κ1) is 17.8. The molecule has 1 saturated carbocycles. The highest BCUT2D eigenvalue weighted by Gasteiger charge is 2.17. The molecule has 1 N–H and O–H groups in total. The third-order valence-corrected chi connectivity index (χ3v) is 5.58. The van der Waals surface area contributed by atoms with E-state index >= 15 is 0 Å². The van der Waals surface area contributed by atoms with Gasteiger partial charge in [0.05, 0.1) is 10.9 Å². The van der Waals surface area contributed by atoms with Crippen LogP contribution in [0.2, 0.25) is 0 Å². The van der Waals surface area contributed by atoms with Crippen LogP contribution >= 0.6 is 11.3 Å². The first-order chi connectivity index (χ1) is 13.3. The average Bonchev–Trinajstić information content (AvgIpc) is 3.44. The Hall–Kier alpha value is -2.55. The maximum absolute atomic E-state index is 12.1. The average molecular weight is 386 g/mol. The van der Waals surface area contributed by atoms with Gasteiger partial charge in [-0.2, -0.15) is 4.98 Å². The van der Waals surface area contributed by atoms with Crippen LogP contribution in [0, 0.1) is 0 Å². The minimum absolute atomic E-state index is 0.102. The lowest BCUT2D eigenvalue weighted by atomic mass is 9.96. The second-order valence-electron chi connectivity index (χ2n) is 6.73. The molecule has 8 nitrogen and oxygen atoms in total. The number of nitrogens with zero attached hydrogens (tertiary/aromatic N) is 5. The van der Waals surface area contributed by atoms with E-state index in [-0.39, 0.29) is 5.91 Å². The number of hydrogen-bond donors (Lipinski definition) is 1. The zero-order valence-corrected chi connectivity index (χ0v) is 15.8. The molecule has 1 aliphatic carbocycles. The molecule has 27 heavy (non-hydrogen) atoms. The fourth-order valence-electron chi connectivity index (χ4n) is 3.30. The zero-order valence-electron chi connectivity index (χ0n) is 15.0. The molecule has 9 heteroatoms. The van der Waals surface area contributed by atoms with E-state index in [2.05, 4.69) is 25.5 Å². The van der Waals surface area contributed by atoms with Crippen LogP contribution in [0.25, 0.3) is 10.7 Å². The summed E-state index contributed by atoms with van der Waals surface area (Å²) < 4.78 is 7.13. The van der Waals surface area contributed by atoms with E-state index in [1.807, 2.05) is 22.2 Å². The summed E-state index contributed by atoms with van der Waals surface area (Å²) >= 11 is 1.57. The lowest BCUT2D eigenvalue weighted by molar-refractivity contribution is -0.116. The number of anilines is 1. The largest absolute Gasteiger partial charge is 0.339 e. The molecule has 1 amide bonds. The Kier molecular flexibility index (Phi) is 5.57. The van der Waals surface area contributed by atoms with E-state index in [4.69, 9.17) is 4.52 Å². The van der Waals surface area contributed by atoms with Gasteiger partial charge in [-0.3, -0.25) is 10.1 Å². The Labute approximate surface area is 161 Å². The summed E-state index contributed by atoms with van der Waals surface area (Å²) in [6.45, 7) is 0. The van der Waals surface area contributed by atoms with Gasteiger partial charge in [-0.25, -0.2) is 9.67 Å². The quantitative estimate of drug-likeness (QED) is 0.662. The topological polar surface area (TPSA) is 98.7 Å². The summed E-state index contributed by atoms with van der Waals surface area (Å²) in [4.78, 5) is 21.7.